The van der Waals surface area contributed by atoms with Gasteiger partial charge in [0, 0.05) is 0 Å². The van der Waals surface area contributed by atoms with Crippen LogP contribution in [0.1, 0.15) is 24.2 Å². The van der Waals surface area contributed by atoms with E-state index in [2.05, 4.69) is 15.5 Å². The Morgan fingerprint density at radius 2 is 1.94 bits per heavy atom. The fraction of sp³-hybridized carbons (Fsp3) is 0.400. The summed E-state index contributed by atoms with van der Waals surface area (Å²) in [6, 6.07) is 0.214. The molecule has 0 unspecified atom stereocenters. The Morgan fingerprint density at radius 3 is 2.44 bits per heavy atom. The molecule has 98 valence electrons. The first-order chi connectivity index (χ1) is 8.32. The maximum Gasteiger partial charge on any atom is 0.326 e. The first kappa shape index (κ1) is 14.7. The van der Waals surface area contributed by atoms with Gasteiger partial charge in [-0.15, -0.1) is 10.2 Å². The minimum absolute atomic E-state index is 0.000900. The molecule has 1 heterocycles. The summed E-state index contributed by atoms with van der Waals surface area (Å²) in [4.78, 5) is 22.8. The average molecular weight is 292 g/mol. The van der Waals surface area contributed by atoms with Gasteiger partial charge >= 0.3 is 5.97 Å². The predicted molar refractivity (Wildman–Crippen MR) is 65.8 cm³/mol. The summed E-state index contributed by atoms with van der Waals surface area (Å²) in [6.45, 7) is 3.36. The molecule has 0 aromatic carbocycles. The molecular weight excluding hydrogens is 281 g/mol. The molecule has 0 radical (unpaired) electrons. The maximum absolute atomic E-state index is 11.9. The lowest BCUT2D eigenvalue weighted by molar-refractivity contribution is -0.140. The molecule has 1 rings (SSSR count). The second kappa shape index (κ2) is 5.97. The zero-order chi connectivity index (χ0) is 13.9. The molecule has 0 saturated carbocycles. The number of carbonyl (C=O) groups is 2. The van der Waals surface area contributed by atoms with Crippen molar-refractivity contribution in [2.45, 2.75) is 19.9 Å². The van der Waals surface area contributed by atoms with Gasteiger partial charge in [-0.25, -0.2) is 4.79 Å². The number of amides is 1. The number of aromatic nitrogens is 2. The number of halogens is 2. The quantitative estimate of drug-likeness (QED) is 0.879. The summed E-state index contributed by atoms with van der Waals surface area (Å²) in [5.74, 6) is -2.05. The third-order valence-electron chi connectivity index (χ3n) is 2.18. The van der Waals surface area contributed by atoms with Crippen LogP contribution in [0.4, 0.5) is 0 Å². The Morgan fingerprint density at radius 1 is 1.33 bits per heavy atom. The third-order valence-corrected chi connectivity index (χ3v) is 2.65. The number of hydrogen-bond donors (Lipinski definition) is 2. The lowest BCUT2D eigenvalue weighted by Gasteiger charge is -2.17. The van der Waals surface area contributed by atoms with Gasteiger partial charge in [-0.05, 0) is 12.0 Å². The molecule has 2 N–H and O–H groups in total. The average Bonchev–Trinajstić information content (AvgIpc) is 2.28. The van der Waals surface area contributed by atoms with Crippen LogP contribution in [-0.4, -0.2) is 33.2 Å². The smallest absolute Gasteiger partial charge is 0.326 e. The minimum Gasteiger partial charge on any atom is -0.480 e. The molecule has 0 aliphatic heterocycles. The molecule has 0 spiro atoms. The van der Waals surface area contributed by atoms with Gasteiger partial charge in [0.05, 0.1) is 5.56 Å². The molecule has 0 aliphatic carbocycles. The first-order valence-electron chi connectivity index (χ1n) is 5.05. The van der Waals surface area contributed by atoms with Crippen molar-refractivity contribution < 1.29 is 14.7 Å². The number of carbonyl (C=O) groups excluding carboxylic acids is 1. The van der Waals surface area contributed by atoms with Crippen LogP contribution < -0.4 is 5.32 Å². The highest BCUT2D eigenvalue weighted by Crippen LogP contribution is 2.16. The lowest BCUT2D eigenvalue weighted by Crippen LogP contribution is -2.44. The van der Waals surface area contributed by atoms with Crippen molar-refractivity contribution >= 4 is 35.1 Å². The van der Waals surface area contributed by atoms with E-state index in [4.69, 9.17) is 28.3 Å². The topological polar surface area (TPSA) is 92.2 Å². The summed E-state index contributed by atoms with van der Waals surface area (Å²) in [5, 5.41) is 18.1. The summed E-state index contributed by atoms with van der Waals surface area (Å²) in [6.07, 6.45) is 0. The van der Waals surface area contributed by atoms with Crippen molar-refractivity contribution in [2.75, 3.05) is 0 Å². The van der Waals surface area contributed by atoms with Gasteiger partial charge in [-0.3, -0.25) is 4.79 Å². The Hall–Kier alpha value is -1.40. The van der Waals surface area contributed by atoms with Crippen LogP contribution >= 0.6 is 23.2 Å². The zero-order valence-electron chi connectivity index (χ0n) is 9.65. The number of carboxylic acid groups (broad SMARTS) is 1. The number of nitrogens with zero attached hydrogens (tertiary/aromatic N) is 2. The normalized spacial score (nSPS) is 12.3. The van der Waals surface area contributed by atoms with Gasteiger partial charge < -0.3 is 10.4 Å². The molecule has 8 heteroatoms. The van der Waals surface area contributed by atoms with Crippen molar-refractivity contribution in [3.63, 3.8) is 0 Å². The zero-order valence-corrected chi connectivity index (χ0v) is 11.2. The van der Waals surface area contributed by atoms with Gasteiger partial charge in [0.25, 0.3) is 5.91 Å². The van der Waals surface area contributed by atoms with E-state index < -0.39 is 17.9 Å². The predicted octanol–water partition coefficient (Wildman–Crippen LogP) is 1.62. The molecule has 0 fully saturated rings. The second-order valence-corrected chi connectivity index (χ2v) is 4.65. The summed E-state index contributed by atoms with van der Waals surface area (Å²) >= 11 is 11.3. The SMILES string of the molecule is CC(C)[C@@H](NC(=O)c1cc(Cl)nnc1Cl)C(=O)O. The Balaban J connectivity index is 2.94. The second-order valence-electron chi connectivity index (χ2n) is 3.90. The van der Waals surface area contributed by atoms with Crippen LogP contribution in [0, 0.1) is 5.92 Å². The first-order valence-corrected chi connectivity index (χ1v) is 5.81. The highest BCUT2D eigenvalue weighted by atomic mass is 35.5. The summed E-state index contributed by atoms with van der Waals surface area (Å²) in [5.41, 5.74) is -0.0106. The van der Waals surface area contributed by atoms with Gasteiger partial charge in [0.2, 0.25) is 0 Å². The molecule has 1 atom stereocenters. The van der Waals surface area contributed by atoms with E-state index in [1.54, 1.807) is 13.8 Å². The molecule has 0 aliphatic rings. The Bertz CT molecular complexity index is 479. The van der Waals surface area contributed by atoms with Crippen LogP contribution in [0.3, 0.4) is 0 Å². The van der Waals surface area contributed by atoms with Gasteiger partial charge in [0.1, 0.15) is 6.04 Å². The van der Waals surface area contributed by atoms with Crippen LogP contribution in [0.25, 0.3) is 0 Å². The standard InChI is InChI=1S/C10H11Cl2N3O3/c1-4(2)7(10(17)18)13-9(16)5-3-6(11)14-15-8(5)12/h3-4,7H,1-2H3,(H,13,16)(H,17,18)/t7-/m1/s1. The molecular formula is C10H11Cl2N3O3. The van der Waals surface area contributed by atoms with E-state index in [9.17, 15) is 9.59 Å². The monoisotopic (exact) mass is 291 g/mol. The van der Waals surface area contributed by atoms with E-state index in [-0.39, 0.29) is 21.8 Å². The molecule has 6 nitrogen and oxygen atoms in total. The Labute approximate surface area is 113 Å². The van der Waals surface area contributed by atoms with Gasteiger partial charge in [0.15, 0.2) is 10.3 Å². The molecule has 1 aromatic rings. The van der Waals surface area contributed by atoms with Gasteiger partial charge in [-0.1, -0.05) is 37.0 Å². The van der Waals surface area contributed by atoms with Crippen LogP contribution in [0.2, 0.25) is 10.3 Å². The third kappa shape index (κ3) is 3.54. The minimum atomic E-state index is -1.12. The van der Waals surface area contributed by atoms with E-state index in [1.165, 1.54) is 6.07 Å². The van der Waals surface area contributed by atoms with Crippen LogP contribution in [-0.2, 0) is 4.79 Å². The number of aliphatic carboxylic acids is 1. The van der Waals surface area contributed by atoms with Gasteiger partial charge in [-0.2, -0.15) is 0 Å². The van der Waals surface area contributed by atoms with Crippen molar-refractivity contribution in [3.05, 3.63) is 21.9 Å². The molecule has 18 heavy (non-hydrogen) atoms. The highest BCUT2D eigenvalue weighted by molar-refractivity contribution is 6.34. The van der Waals surface area contributed by atoms with Crippen molar-refractivity contribution in [3.8, 4) is 0 Å². The maximum atomic E-state index is 11.9. The fourth-order valence-electron chi connectivity index (χ4n) is 1.24. The summed E-state index contributed by atoms with van der Waals surface area (Å²) < 4.78 is 0. The number of nitrogens with one attached hydrogen (secondary N) is 1. The van der Waals surface area contributed by atoms with Crippen LogP contribution in [0.5, 0.6) is 0 Å². The van der Waals surface area contributed by atoms with E-state index >= 15 is 0 Å². The fourth-order valence-corrected chi connectivity index (χ4v) is 1.57. The van der Waals surface area contributed by atoms with E-state index in [1.807, 2.05) is 0 Å². The number of hydrogen-bond acceptors (Lipinski definition) is 4. The molecule has 1 amide bonds. The van der Waals surface area contributed by atoms with Crippen molar-refractivity contribution in [1.29, 1.82) is 0 Å². The summed E-state index contributed by atoms with van der Waals surface area (Å²) in [7, 11) is 0. The van der Waals surface area contributed by atoms with Crippen LogP contribution in [0.15, 0.2) is 6.07 Å². The van der Waals surface area contributed by atoms with E-state index in [0.29, 0.717) is 0 Å². The molecule has 1 aromatic heterocycles. The number of rotatable bonds is 4. The molecule has 0 bridgehead atoms. The highest BCUT2D eigenvalue weighted by Gasteiger charge is 2.25. The molecule has 0 saturated heterocycles. The van der Waals surface area contributed by atoms with E-state index in [0.717, 1.165) is 0 Å². The largest absolute Gasteiger partial charge is 0.480 e. The number of carboxylic acids is 1. The lowest BCUT2D eigenvalue weighted by atomic mass is 10.0. The van der Waals surface area contributed by atoms with Crippen molar-refractivity contribution in [1.82, 2.24) is 15.5 Å². The van der Waals surface area contributed by atoms with Crippen molar-refractivity contribution in [2.24, 2.45) is 5.92 Å². The Kier molecular flexibility index (Phi) is 4.86.